The molecule has 3 aromatic carbocycles. The molecule has 3 aromatic rings. The van der Waals surface area contributed by atoms with E-state index in [1.807, 2.05) is 42.5 Å². The van der Waals surface area contributed by atoms with Crippen LogP contribution in [0.5, 0.6) is 5.75 Å². The van der Waals surface area contributed by atoms with Crippen LogP contribution in [-0.4, -0.2) is 25.0 Å². The predicted molar refractivity (Wildman–Crippen MR) is 106 cm³/mol. The topological polar surface area (TPSA) is 67.4 Å². The van der Waals surface area contributed by atoms with Crippen LogP contribution in [0.1, 0.15) is 11.1 Å². The first-order chi connectivity index (χ1) is 14.0. The van der Waals surface area contributed by atoms with Crippen LogP contribution < -0.4 is 15.4 Å². The number of rotatable bonds is 8. The summed E-state index contributed by atoms with van der Waals surface area (Å²) in [6.07, 6.45) is 0.152. The summed E-state index contributed by atoms with van der Waals surface area (Å²) in [5, 5.41) is 7.19. The molecule has 7 heteroatoms. The molecule has 2 N–H and O–H groups in total. The van der Waals surface area contributed by atoms with Crippen LogP contribution in [0.25, 0.3) is 10.8 Å². The molecule has 0 heterocycles. The Morgan fingerprint density at radius 3 is 2.34 bits per heavy atom. The number of para-hydroxylation sites is 1. The molecule has 0 fully saturated rings. The first-order valence-electron chi connectivity index (χ1n) is 9.05. The third kappa shape index (κ3) is 5.75. The molecule has 0 atom stereocenters. The van der Waals surface area contributed by atoms with Gasteiger partial charge in [0.2, 0.25) is 11.8 Å². The van der Waals surface area contributed by atoms with E-state index >= 15 is 0 Å². The summed E-state index contributed by atoms with van der Waals surface area (Å²) in [7, 11) is 0. The molecule has 0 aromatic heterocycles. The van der Waals surface area contributed by atoms with Crippen LogP contribution >= 0.6 is 0 Å². The van der Waals surface area contributed by atoms with Crippen molar-refractivity contribution < 1.29 is 23.1 Å². The van der Waals surface area contributed by atoms with Crippen LogP contribution in [-0.2, 0) is 22.6 Å². The summed E-state index contributed by atoms with van der Waals surface area (Å²) >= 11 is 0. The van der Waals surface area contributed by atoms with Crippen LogP contribution in [0.2, 0.25) is 0 Å². The molecule has 2 amide bonds. The molecule has 0 aliphatic heterocycles. The third-order valence-corrected chi connectivity index (χ3v) is 4.34. The van der Waals surface area contributed by atoms with Gasteiger partial charge in [0, 0.05) is 12.1 Å². The maximum Gasteiger partial charge on any atom is 0.387 e. The predicted octanol–water partition coefficient (Wildman–Crippen LogP) is 3.42. The van der Waals surface area contributed by atoms with Gasteiger partial charge in [-0.05, 0) is 22.4 Å². The lowest BCUT2D eigenvalue weighted by Gasteiger charge is -2.12. The first-order valence-corrected chi connectivity index (χ1v) is 9.05. The van der Waals surface area contributed by atoms with Gasteiger partial charge in [-0.2, -0.15) is 8.78 Å². The van der Waals surface area contributed by atoms with Crippen LogP contribution in [0, 0.1) is 0 Å². The van der Waals surface area contributed by atoms with Gasteiger partial charge in [-0.25, -0.2) is 0 Å². The zero-order valence-corrected chi connectivity index (χ0v) is 15.5. The van der Waals surface area contributed by atoms with Crippen molar-refractivity contribution in [2.45, 2.75) is 19.6 Å². The lowest BCUT2D eigenvalue weighted by molar-refractivity contribution is -0.125. The summed E-state index contributed by atoms with van der Waals surface area (Å²) in [5.74, 6) is -0.705. The van der Waals surface area contributed by atoms with E-state index in [1.165, 1.54) is 6.07 Å². The van der Waals surface area contributed by atoms with Gasteiger partial charge in [-0.1, -0.05) is 60.7 Å². The third-order valence-electron chi connectivity index (χ3n) is 4.34. The van der Waals surface area contributed by atoms with Gasteiger partial charge in [-0.15, -0.1) is 0 Å². The molecule has 5 nitrogen and oxygen atoms in total. The highest BCUT2D eigenvalue weighted by Gasteiger charge is 2.11. The SMILES string of the molecule is O=C(CNC(=O)Cc1cccc2ccccc12)NCc1ccccc1OC(F)F. The second-order valence-electron chi connectivity index (χ2n) is 6.35. The van der Waals surface area contributed by atoms with Crippen molar-refractivity contribution in [3.63, 3.8) is 0 Å². The minimum absolute atomic E-state index is 0.00258. The summed E-state index contributed by atoms with van der Waals surface area (Å²) < 4.78 is 29.3. The quantitative estimate of drug-likeness (QED) is 0.611. The zero-order valence-electron chi connectivity index (χ0n) is 15.5. The van der Waals surface area contributed by atoms with E-state index in [-0.39, 0.29) is 31.2 Å². The highest BCUT2D eigenvalue weighted by molar-refractivity contribution is 5.91. The Kier molecular flexibility index (Phi) is 6.73. The van der Waals surface area contributed by atoms with Gasteiger partial charge < -0.3 is 15.4 Å². The summed E-state index contributed by atoms with van der Waals surface area (Å²) in [6, 6.07) is 19.7. The van der Waals surface area contributed by atoms with Gasteiger partial charge in [-0.3, -0.25) is 9.59 Å². The number of carbonyl (C=O) groups excluding carboxylic acids is 2. The molecule has 29 heavy (non-hydrogen) atoms. The number of hydrogen-bond donors (Lipinski definition) is 2. The Morgan fingerprint density at radius 1 is 0.828 bits per heavy atom. The lowest BCUT2D eigenvalue weighted by atomic mass is 10.0. The van der Waals surface area contributed by atoms with Gasteiger partial charge in [0.25, 0.3) is 0 Å². The number of benzene rings is 3. The molecule has 3 rings (SSSR count). The highest BCUT2D eigenvalue weighted by atomic mass is 19.3. The minimum Gasteiger partial charge on any atom is -0.434 e. The average Bonchev–Trinajstić information content (AvgIpc) is 2.71. The number of hydrogen-bond acceptors (Lipinski definition) is 3. The molecule has 0 bridgehead atoms. The van der Waals surface area contributed by atoms with Gasteiger partial charge >= 0.3 is 6.61 Å². The largest absolute Gasteiger partial charge is 0.434 e. The molecule has 150 valence electrons. The molecule has 0 aliphatic carbocycles. The maximum absolute atomic E-state index is 12.4. The standard InChI is InChI=1S/C22H20F2N2O3/c23-22(24)29-19-11-4-2-7-17(19)13-25-21(28)14-26-20(27)12-16-9-5-8-15-6-1-3-10-18(15)16/h1-11,22H,12-14H2,(H,25,28)(H,26,27). The number of nitrogens with one attached hydrogen (secondary N) is 2. The first kappa shape index (κ1) is 20.3. The van der Waals surface area contributed by atoms with Crippen LogP contribution in [0.3, 0.4) is 0 Å². The summed E-state index contributed by atoms with van der Waals surface area (Å²) in [5.41, 5.74) is 1.29. The Labute approximate surface area is 166 Å². The second-order valence-corrected chi connectivity index (χ2v) is 6.35. The van der Waals surface area contributed by atoms with Crippen LogP contribution in [0.15, 0.2) is 66.7 Å². The number of ether oxygens (including phenoxy) is 1. The van der Waals surface area contributed by atoms with E-state index in [1.54, 1.807) is 18.2 Å². The Morgan fingerprint density at radius 2 is 1.52 bits per heavy atom. The van der Waals surface area contributed by atoms with Crippen molar-refractivity contribution in [1.82, 2.24) is 10.6 Å². The maximum atomic E-state index is 12.4. The van der Waals surface area contributed by atoms with E-state index in [0.717, 1.165) is 16.3 Å². The molecule has 0 saturated carbocycles. The van der Waals surface area contributed by atoms with Crippen molar-refractivity contribution >= 4 is 22.6 Å². The zero-order chi connectivity index (χ0) is 20.6. The molecule has 0 radical (unpaired) electrons. The van der Waals surface area contributed by atoms with E-state index < -0.39 is 12.5 Å². The number of carbonyl (C=O) groups is 2. The molecule has 0 spiro atoms. The molecular weight excluding hydrogens is 378 g/mol. The normalized spacial score (nSPS) is 10.7. The fourth-order valence-corrected chi connectivity index (χ4v) is 2.98. The number of amides is 2. The smallest absolute Gasteiger partial charge is 0.387 e. The van der Waals surface area contributed by atoms with E-state index in [9.17, 15) is 18.4 Å². The second kappa shape index (κ2) is 9.64. The van der Waals surface area contributed by atoms with Crippen LogP contribution in [0.4, 0.5) is 8.78 Å². The van der Waals surface area contributed by atoms with Gasteiger partial charge in [0.15, 0.2) is 0 Å². The Bertz CT molecular complexity index is 1000. The van der Waals surface area contributed by atoms with Gasteiger partial charge in [0.05, 0.1) is 13.0 Å². The lowest BCUT2D eigenvalue weighted by Crippen LogP contribution is -2.37. The number of alkyl halides is 2. The minimum atomic E-state index is -2.94. The average molecular weight is 398 g/mol. The Hall–Kier alpha value is -3.48. The van der Waals surface area contributed by atoms with Crippen molar-refractivity contribution in [1.29, 1.82) is 0 Å². The fraction of sp³-hybridized carbons (Fsp3) is 0.182. The van der Waals surface area contributed by atoms with Crippen molar-refractivity contribution in [3.05, 3.63) is 77.9 Å². The molecule has 0 aliphatic rings. The molecular formula is C22H20F2N2O3. The summed E-state index contributed by atoms with van der Waals surface area (Å²) in [4.78, 5) is 24.2. The molecule has 0 saturated heterocycles. The number of fused-ring (bicyclic) bond motifs is 1. The highest BCUT2D eigenvalue weighted by Crippen LogP contribution is 2.20. The summed E-state index contributed by atoms with van der Waals surface area (Å²) in [6.45, 7) is -3.14. The van der Waals surface area contributed by atoms with E-state index in [0.29, 0.717) is 5.56 Å². The Balaban J connectivity index is 1.50. The van der Waals surface area contributed by atoms with Crippen molar-refractivity contribution in [2.24, 2.45) is 0 Å². The van der Waals surface area contributed by atoms with E-state index in [4.69, 9.17) is 0 Å². The molecule has 0 unspecified atom stereocenters. The fourth-order valence-electron chi connectivity index (χ4n) is 2.98. The van der Waals surface area contributed by atoms with Crippen molar-refractivity contribution in [3.8, 4) is 5.75 Å². The monoisotopic (exact) mass is 398 g/mol. The van der Waals surface area contributed by atoms with Crippen molar-refractivity contribution in [2.75, 3.05) is 6.54 Å². The number of halogens is 2. The van der Waals surface area contributed by atoms with E-state index in [2.05, 4.69) is 15.4 Å². The van der Waals surface area contributed by atoms with Gasteiger partial charge in [0.1, 0.15) is 5.75 Å².